The van der Waals surface area contributed by atoms with Crippen LogP contribution in [0.2, 0.25) is 0 Å². The van der Waals surface area contributed by atoms with Gasteiger partial charge in [-0.2, -0.15) is 0 Å². The van der Waals surface area contributed by atoms with Gasteiger partial charge in [0.2, 0.25) is 0 Å². The average molecular weight is 359 g/mol. The molecule has 4 rings (SSSR count). The van der Waals surface area contributed by atoms with Crippen molar-refractivity contribution in [3.63, 3.8) is 0 Å². The average Bonchev–Trinajstić information content (AvgIpc) is 2.75. The maximum absolute atomic E-state index is 12.6. The van der Waals surface area contributed by atoms with Gasteiger partial charge in [-0.15, -0.1) is 0 Å². The van der Waals surface area contributed by atoms with Crippen molar-refractivity contribution in [1.82, 2.24) is 19.8 Å². The molecule has 0 bridgehead atoms. The molecule has 1 aromatic heterocycles. The van der Waals surface area contributed by atoms with Crippen molar-refractivity contribution in [2.75, 3.05) is 32.1 Å². The van der Waals surface area contributed by atoms with E-state index in [1.165, 1.54) is 4.90 Å². The molecule has 0 radical (unpaired) electrons. The molecule has 140 valence electrons. The van der Waals surface area contributed by atoms with Gasteiger partial charge in [0.15, 0.2) is 0 Å². The van der Waals surface area contributed by atoms with Gasteiger partial charge in [0.1, 0.15) is 17.2 Å². The van der Waals surface area contributed by atoms with Crippen molar-refractivity contribution in [3.8, 4) is 0 Å². The molecule has 3 aliphatic rings. The number of amides is 3. The predicted molar refractivity (Wildman–Crippen MR) is 94.9 cm³/mol. The fraction of sp³-hybridized carbons (Fsp3) is 0.667. The Labute approximate surface area is 152 Å². The summed E-state index contributed by atoms with van der Waals surface area (Å²) in [4.78, 5) is 38.9. The Morgan fingerprint density at radius 3 is 2.35 bits per heavy atom. The molecule has 8 heteroatoms. The van der Waals surface area contributed by atoms with Crippen LogP contribution in [0.3, 0.4) is 0 Å². The van der Waals surface area contributed by atoms with E-state index in [2.05, 4.69) is 14.9 Å². The maximum atomic E-state index is 12.6. The smallest absolute Gasteiger partial charge is 0.327 e. The van der Waals surface area contributed by atoms with E-state index in [1.807, 2.05) is 13.0 Å². The van der Waals surface area contributed by atoms with Gasteiger partial charge in [0, 0.05) is 44.9 Å². The van der Waals surface area contributed by atoms with Crippen LogP contribution < -0.4 is 4.90 Å². The number of rotatable bonds is 2. The maximum Gasteiger partial charge on any atom is 0.327 e. The molecule has 3 heterocycles. The van der Waals surface area contributed by atoms with Crippen LogP contribution in [0.25, 0.3) is 0 Å². The highest BCUT2D eigenvalue weighted by atomic mass is 16.3. The van der Waals surface area contributed by atoms with Crippen LogP contribution in [0.5, 0.6) is 0 Å². The van der Waals surface area contributed by atoms with E-state index in [0.29, 0.717) is 31.8 Å². The van der Waals surface area contributed by atoms with E-state index in [9.17, 15) is 14.7 Å². The van der Waals surface area contributed by atoms with Crippen LogP contribution in [0, 0.1) is 6.92 Å². The standard InChI is InChI=1S/C18H25N5O3/c1-11-19-14(12-8-13(24)9-12)10-15(20-11)23-6-4-18(5-7-23)16(25)21(2)17(26)22(18)3/h10,12-13,24H,4-9H2,1-3H3. The number of carbonyl (C=O) groups is 2. The van der Waals surface area contributed by atoms with Gasteiger partial charge in [0.25, 0.3) is 5.91 Å². The zero-order valence-electron chi connectivity index (χ0n) is 15.5. The lowest BCUT2D eigenvalue weighted by Crippen LogP contribution is -2.55. The highest BCUT2D eigenvalue weighted by Crippen LogP contribution is 2.39. The number of nitrogens with zero attached hydrogens (tertiary/aromatic N) is 5. The lowest BCUT2D eigenvalue weighted by molar-refractivity contribution is -0.133. The van der Waals surface area contributed by atoms with Gasteiger partial charge < -0.3 is 14.9 Å². The second-order valence-corrected chi connectivity index (χ2v) is 7.74. The summed E-state index contributed by atoms with van der Waals surface area (Å²) in [5.41, 5.74) is 0.271. The number of hydrogen-bond acceptors (Lipinski definition) is 6. The number of hydrogen-bond donors (Lipinski definition) is 1. The third-order valence-electron chi connectivity index (χ3n) is 6.21. The lowest BCUT2D eigenvalue weighted by atomic mass is 9.80. The first-order valence-corrected chi connectivity index (χ1v) is 9.16. The highest BCUT2D eigenvalue weighted by molar-refractivity contribution is 6.06. The summed E-state index contributed by atoms with van der Waals surface area (Å²) in [5, 5.41) is 9.56. The molecule has 1 N–H and O–H groups in total. The van der Waals surface area contributed by atoms with E-state index in [4.69, 9.17) is 0 Å². The predicted octanol–water partition coefficient (Wildman–Crippen LogP) is 0.886. The van der Waals surface area contributed by atoms with E-state index in [0.717, 1.165) is 30.2 Å². The van der Waals surface area contributed by atoms with Crippen LogP contribution in [-0.4, -0.2) is 75.6 Å². The normalized spacial score (nSPS) is 28.1. The van der Waals surface area contributed by atoms with Gasteiger partial charge in [-0.05, 0) is 32.6 Å². The third-order valence-corrected chi connectivity index (χ3v) is 6.21. The van der Waals surface area contributed by atoms with Crippen LogP contribution in [-0.2, 0) is 4.79 Å². The van der Waals surface area contributed by atoms with Crippen molar-refractivity contribution in [2.24, 2.45) is 0 Å². The van der Waals surface area contributed by atoms with Gasteiger partial charge in [-0.3, -0.25) is 9.69 Å². The van der Waals surface area contributed by atoms with E-state index in [1.54, 1.807) is 19.0 Å². The summed E-state index contributed by atoms with van der Waals surface area (Å²) in [6.45, 7) is 3.22. The molecular weight excluding hydrogens is 334 g/mol. The molecule has 3 amide bonds. The van der Waals surface area contributed by atoms with Crippen molar-refractivity contribution in [2.45, 2.75) is 50.2 Å². The van der Waals surface area contributed by atoms with Crippen molar-refractivity contribution in [1.29, 1.82) is 0 Å². The molecule has 1 saturated carbocycles. The second-order valence-electron chi connectivity index (χ2n) is 7.74. The molecule has 2 aliphatic heterocycles. The monoisotopic (exact) mass is 359 g/mol. The first-order valence-electron chi connectivity index (χ1n) is 9.16. The molecule has 0 unspecified atom stereocenters. The Balaban J connectivity index is 1.52. The zero-order valence-corrected chi connectivity index (χ0v) is 15.5. The highest BCUT2D eigenvalue weighted by Gasteiger charge is 2.55. The van der Waals surface area contributed by atoms with Gasteiger partial charge in [-0.25, -0.2) is 14.8 Å². The summed E-state index contributed by atoms with van der Waals surface area (Å²) in [6, 6.07) is 1.78. The molecule has 2 saturated heterocycles. The Morgan fingerprint density at radius 1 is 1.15 bits per heavy atom. The molecule has 8 nitrogen and oxygen atoms in total. The number of imide groups is 1. The number of aryl methyl sites for hydroxylation is 1. The second kappa shape index (κ2) is 5.90. The SMILES string of the molecule is Cc1nc(C2CC(O)C2)cc(N2CCC3(CC2)C(=O)N(C)C(=O)N3C)n1. The minimum absolute atomic E-state index is 0.104. The first kappa shape index (κ1) is 17.2. The molecule has 3 fully saturated rings. The topological polar surface area (TPSA) is 89.9 Å². The van der Waals surface area contributed by atoms with Crippen LogP contribution in [0.1, 0.15) is 43.1 Å². The fourth-order valence-electron chi connectivity index (χ4n) is 4.38. The van der Waals surface area contributed by atoms with Crippen molar-refractivity contribution >= 4 is 17.8 Å². The summed E-state index contributed by atoms with van der Waals surface area (Å²) in [7, 11) is 3.27. The van der Waals surface area contributed by atoms with E-state index in [-0.39, 0.29) is 18.0 Å². The van der Waals surface area contributed by atoms with Crippen LogP contribution in [0.15, 0.2) is 6.07 Å². The van der Waals surface area contributed by atoms with Gasteiger partial charge >= 0.3 is 6.03 Å². The third kappa shape index (κ3) is 2.46. The molecule has 0 aromatic carbocycles. The summed E-state index contributed by atoms with van der Waals surface area (Å²) in [6.07, 6.45) is 2.49. The Kier molecular flexibility index (Phi) is 3.91. The lowest BCUT2D eigenvalue weighted by Gasteiger charge is -2.41. The van der Waals surface area contributed by atoms with Crippen molar-refractivity contribution in [3.05, 3.63) is 17.6 Å². The number of aliphatic hydroxyl groups excluding tert-OH is 1. The number of carbonyl (C=O) groups excluding carboxylic acids is 2. The number of anilines is 1. The summed E-state index contributed by atoms with van der Waals surface area (Å²) in [5.74, 6) is 1.79. The fourth-order valence-corrected chi connectivity index (χ4v) is 4.38. The Morgan fingerprint density at radius 2 is 1.81 bits per heavy atom. The number of aliphatic hydroxyl groups is 1. The Hall–Kier alpha value is -2.22. The summed E-state index contributed by atoms with van der Waals surface area (Å²) >= 11 is 0. The zero-order chi connectivity index (χ0) is 18.6. The minimum Gasteiger partial charge on any atom is -0.393 e. The summed E-state index contributed by atoms with van der Waals surface area (Å²) < 4.78 is 0. The van der Waals surface area contributed by atoms with Crippen LogP contribution >= 0.6 is 0 Å². The Bertz CT molecular complexity index is 753. The van der Waals surface area contributed by atoms with Crippen LogP contribution in [0.4, 0.5) is 10.6 Å². The molecular formula is C18H25N5O3. The van der Waals surface area contributed by atoms with Gasteiger partial charge in [-0.1, -0.05) is 0 Å². The molecule has 0 atom stereocenters. The molecule has 1 aliphatic carbocycles. The molecule has 1 spiro atoms. The number of likely N-dealkylation sites (N-methyl/N-ethyl adjacent to an activating group) is 2. The number of urea groups is 1. The number of aromatic nitrogens is 2. The van der Waals surface area contributed by atoms with Gasteiger partial charge in [0.05, 0.1) is 6.10 Å². The first-order chi connectivity index (χ1) is 12.3. The van der Waals surface area contributed by atoms with Crippen molar-refractivity contribution < 1.29 is 14.7 Å². The van der Waals surface area contributed by atoms with E-state index >= 15 is 0 Å². The molecule has 1 aromatic rings. The largest absolute Gasteiger partial charge is 0.393 e. The van der Waals surface area contributed by atoms with E-state index < -0.39 is 5.54 Å². The number of piperidine rings is 1. The minimum atomic E-state index is -0.717. The molecule has 26 heavy (non-hydrogen) atoms. The quantitative estimate of drug-likeness (QED) is 0.789.